The molecule has 0 bridgehead atoms. The van der Waals surface area contributed by atoms with Crippen LogP contribution in [0.15, 0.2) is 0 Å². The van der Waals surface area contributed by atoms with E-state index in [-0.39, 0.29) is 30.7 Å². The second-order valence-electron chi connectivity index (χ2n) is 5.12. The van der Waals surface area contributed by atoms with E-state index in [0.717, 1.165) is 12.8 Å². The fraction of sp³-hybridized carbons (Fsp3) is 0.769. The molecule has 1 amide bonds. The largest absolute Gasteiger partial charge is 0.481 e. The zero-order valence-electron chi connectivity index (χ0n) is 11.3. The molecule has 0 aromatic carbocycles. The Hall–Kier alpha value is -1.59. The van der Waals surface area contributed by atoms with Gasteiger partial charge in [0.2, 0.25) is 5.91 Å². The van der Waals surface area contributed by atoms with E-state index in [1.54, 1.807) is 6.92 Å². The molecule has 1 fully saturated rings. The minimum Gasteiger partial charge on any atom is -0.481 e. The van der Waals surface area contributed by atoms with Gasteiger partial charge in [0.15, 0.2) is 0 Å². The number of rotatable bonds is 8. The van der Waals surface area contributed by atoms with Gasteiger partial charge in [0.25, 0.3) is 0 Å². The van der Waals surface area contributed by atoms with Crippen LogP contribution < -0.4 is 0 Å². The summed E-state index contributed by atoms with van der Waals surface area (Å²) in [4.78, 5) is 35.5. The molecule has 1 rings (SSSR count). The topological polar surface area (TPSA) is 94.9 Å². The average Bonchev–Trinajstić information content (AvgIpc) is 3.15. The number of nitrogens with zero attached hydrogens (tertiary/aromatic N) is 1. The van der Waals surface area contributed by atoms with Gasteiger partial charge < -0.3 is 15.1 Å². The highest BCUT2D eigenvalue weighted by atomic mass is 16.4. The number of hydrogen-bond acceptors (Lipinski definition) is 3. The third-order valence-corrected chi connectivity index (χ3v) is 3.55. The zero-order valence-corrected chi connectivity index (χ0v) is 11.3. The number of hydrogen-bond donors (Lipinski definition) is 2. The molecule has 2 atom stereocenters. The Labute approximate surface area is 112 Å². The van der Waals surface area contributed by atoms with Crippen molar-refractivity contribution in [2.24, 2.45) is 11.8 Å². The Morgan fingerprint density at radius 2 is 1.84 bits per heavy atom. The lowest BCUT2D eigenvalue weighted by atomic mass is 9.97. The van der Waals surface area contributed by atoms with E-state index in [1.807, 2.05) is 6.92 Å². The van der Waals surface area contributed by atoms with Gasteiger partial charge in [-0.2, -0.15) is 0 Å². The molecule has 0 heterocycles. The molecule has 0 aromatic heterocycles. The first kappa shape index (κ1) is 15.5. The van der Waals surface area contributed by atoms with Gasteiger partial charge in [-0.25, -0.2) is 4.79 Å². The van der Waals surface area contributed by atoms with Crippen LogP contribution in [0, 0.1) is 11.8 Å². The lowest BCUT2D eigenvalue weighted by Gasteiger charge is -2.32. The zero-order chi connectivity index (χ0) is 14.6. The van der Waals surface area contributed by atoms with Crippen molar-refractivity contribution in [3.8, 4) is 0 Å². The molecule has 2 N–H and O–H groups in total. The van der Waals surface area contributed by atoms with Crippen LogP contribution in [0.5, 0.6) is 0 Å². The molecule has 0 saturated heterocycles. The fourth-order valence-corrected chi connectivity index (χ4v) is 2.07. The van der Waals surface area contributed by atoms with Crippen LogP contribution in [0.25, 0.3) is 0 Å². The molecule has 0 radical (unpaired) electrons. The first-order valence-electron chi connectivity index (χ1n) is 6.63. The third-order valence-electron chi connectivity index (χ3n) is 3.55. The molecule has 1 aliphatic rings. The first-order chi connectivity index (χ1) is 8.88. The molecule has 19 heavy (non-hydrogen) atoms. The van der Waals surface area contributed by atoms with Gasteiger partial charge in [-0.3, -0.25) is 9.59 Å². The van der Waals surface area contributed by atoms with E-state index in [2.05, 4.69) is 0 Å². The summed E-state index contributed by atoms with van der Waals surface area (Å²) >= 11 is 0. The van der Waals surface area contributed by atoms with Crippen molar-refractivity contribution in [2.75, 3.05) is 6.54 Å². The molecule has 108 valence electrons. The van der Waals surface area contributed by atoms with Crippen LogP contribution in [0.2, 0.25) is 0 Å². The summed E-state index contributed by atoms with van der Waals surface area (Å²) < 4.78 is 0. The summed E-state index contributed by atoms with van der Waals surface area (Å²) in [5.74, 6) is -2.61. The predicted molar refractivity (Wildman–Crippen MR) is 67.6 cm³/mol. The number of carbonyl (C=O) groups excluding carboxylic acids is 1. The van der Waals surface area contributed by atoms with Crippen LogP contribution in [0.1, 0.15) is 39.5 Å². The number of carbonyl (C=O) groups is 3. The minimum atomic E-state index is -1.06. The van der Waals surface area contributed by atoms with Crippen LogP contribution in [-0.2, 0) is 14.4 Å². The highest BCUT2D eigenvalue weighted by molar-refractivity contribution is 5.87. The highest BCUT2D eigenvalue weighted by Gasteiger charge is 2.40. The number of carboxylic acids is 2. The van der Waals surface area contributed by atoms with Gasteiger partial charge >= 0.3 is 11.9 Å². The van der Waals surface area contributed by atoms with E-state index in [0.29, 0.717) is 6.42 Å². The van der Waals surface area contributed by atoms with Gasteiger partial charge in [-0.15, -0.1) is 0 Å². The quantitative estimate of drug-likeness (QED) is 0.691. The summed E-state index contributed by atoms with van der Waals surface area (Å²) in [5, 5.41) is 18.0. The van der Waals surface area contributed by atoms with E-state index in [1.165, 1.54) is 4.90 Å². The lowest BCUT2D eigenvalue weighted by molar-refractivity contribution is -0.154. The van der Waals surface area contributed by atoms with E-state index in [4.69, 9.17) is 5.11 Å². The van der Waals surface area contributed by atoms with Gasteiger partial charge in [-0.1, -0.05) is 20.3 Å². The second-order valence-corrected chi connectivity index (χ2v) is 5.12. The summed E-state index contributed by atoms with van der Waals surface area (Å²) in [6.07, 6.45) is 1.95. The molecule has 6 nitrogen and oxygen atoms in total. The SMILES string of the molecule is CCC(C)C(C(=O)O)N(CCC(=O)O)C(=O)C1CC1. The molecular weight excluding hydrogens is 250 g/mol. The van der Waals surface area contributed by atoms with Crippen molar-refractivity contribution in [2.45, 2.75) is 45.6 Å². The maximum absolute atomic E-state index is 12.2. The molecule has 6 heteroatoms. The third kappa shape index (κ3) is 4.22. The van der Waals surface area contributed by atoms with Crippen LogP contribution in [0.3, 0.4) is 0 Å². The normalized spacial score (nSPS) is 17.6. The molecule has 0 aromatic rings. The number of aliphatic carboxylic acids is 2. The Morgan fingerprint density at radius 3 is 2.21 bits per heavy atom. The molecule has 0 spiro atoms. The number of carboxylic acid groups (broad SMARTS) is 2. The molecule has 1 saturated carbocycles. The van der Waals surface area contributed by atoms with Crippen molar-refractivity contribution in [3.05, 3.63) is 0 Å². The standard InChI is InChI=1S/C13H21NO5/c1-3-8(2)11(13(18)19)14(7-6-10(15)16)12(17)9-4-5-9/h8-9,11H,3-7H2,1-2H3,(H,15,16)(H,18,19). The smallest absolute Gasteiger partial charge is 0.326 e. The van der Waals surface area contributed by atoms with Crippen molar-refractivity contribution < 1.29 is 24.6 Å². The van der Waals surface area contributed by atoms with Crippen LogP contribution in [0.4, 0.5) is 0 Å². The second kappa shape index (κ2) is 6.54. The number of amides is 1. The van der Waals surface area contributed by atoms with Crippen LogP contribution >= 0.6 is 0 Å². The van der Waals surface area contributed by atoms with E-state index < -0.39 is 18.0 Å². The van der Waals surface area contributed by atoms with Gasteiger partial charge in [0, 0.05) is 12.5 Å². The molecule has 0 aliphatic heterocycles. The Balaban J connectivity index is 2.86. The van der Waals surface area contributed by atoms with Crippen LogP contribution in [-0.4, -0.2) is 45.5 Å². The summed E-state index contributed by atoms with van der Waals surface area (Å²) in [6, 6.07) is -0.933. The monoisotopic (exact) mass is 271 g/mol. The minimum absolute atomic E-state index is 0.0357. The van der Waals surface area contributed by atoms with Gasteiger partial charge in [-0.05, 0) is 18.8 Å². The lowest BCUT2D eigenvalue weighted by Crippen LogP contribution is -2.50. The molecule has 2 unspecified atom stereocenters. The fourth-order valence-electron chi connectivity index (χ4n) is 2.07. The van der Waals surface area contributed by atoms with Gasteiger partial charge in [0.05, 0.1) is 6.42 Å². The average molecular weight is 271 g/mol. The van der Waals surface area contributed by atoms with Crippen molar-refractivity contribution in [1.82, 2.24) is 4.90 Å². The molecule has 1 aliphatic carbocycles. The van der Waals surface area contributed by atoms with Crippen molar-refractivity contribution in [3.63, 3.8) is 0 Å². The van der Waals surface area contributed by atoms with E-state index in [9.17, 15) is 19.5 Å². The summed E-state index contributed by atoms with van der Waals surface area (Å²) in [7, 11) is 0. The predicted octanol–water partition coefficient (Wildman–Crippen LogP) is 1.20. The Morgan fingerprint density at radius 1 is 1.26 bits per heavy atom. The maximum atomic E-state index is 12.2. The Kier molecular flexibility index (Phi) is 5.32. The first-order valence-corrected chi connectivity index (χ1v) is 6.63. The highest BCUT2D eigenvalue weighted by Crippen LogP contribution is 2.32. The maximum Gasteiger partial charge on any atom is 0.326 e. The Bertz CT molecular complexity index is 364. The summed E-state index contributed by atoms with van der Waals surface area (Å²) in [6.45, 7) is 3.59. The van der Waals surface area contributed by atoms with E-state index >= 15 is 0 Å². The van der Waals surface area contributed by atoms with Crippen molar-refractivity contribution >= 4 is 17.8 Å². The van der Waals surface area contributed by atoms with Crippen molar-refractivity contribution in [1.29, 1.82) is 0 Å². The molecular formula is C13H21NO5. The van der Waals surface area contributed by atoms with Gasteiger partial charge in [0.1, 0.15) is 6.04 Å². The summed E-state index contributed by atoms with van der Waals surface area (Å²) in [5.41, 5.74) is 0.